The molecule has 2 rings (SSSR count). The minimum atomic E-state index is 0.792. The Morgan fingerprint density at radius 3 is 2.71 bits per heavy atom. The first-order chi connectivity index (χ1) is 6.74. The molecule has 2 heterocycles. The molecule has 0 aliphatic heterocycles. The SMILES string of the molecule is Cc1ccnc(Nc2cc(C)[nH]n2)c1. The Balaban J connectivity index is 2.18. The Morgan fingerprint density at radius 1 is 1.21 bits per heavy atom. The normalized spacial score (nSPS) is 10.1. The third kappa shape index (κ3) is 1.90. The van der Waals surface area contributed by atoms with E-state index in [1.807, 2.05) is 32.0 Å². The largest absolute Gasteiger partial charge is 0.323 e. The smallest absolute Gasteiger partial charge is 0.153 e. The van der Waals surface area contributed by atoms with Gasteiger partial charge in [0.05, 0.1) is 0 Å². The van der Waals surface area contributed by atoms with Crippen molar-refractivity contribution in [2.45, 2.75) is 13.8 Å². The van der Waals surface area contributed by atoms with E-state index in [0.717, 1.165) is 17.3 Å². The number of aromatic amines is 1. The number of aryl methyl sites for hydroxylation is 2. The van der Waals surface area contributed by atoms with Crippen molar-refractivity contribution >= 4 is 11.6 Å². The van der Waals surface area contributed by atoms with Crippen LogP contribution in [0.15, 0.2) is 24.4 Å². The van der Waals surface area contributed by atoms with Crippen LogP contribution in [0.3, 0.4) is 0 Å². The monoisotopic (exact) mass is 188 g/mol. The van der Waals surface area contributed by atoms with Gasteiger partial charge in [0, 0.05) is 18.0 Å². The predicted molar refractivity (Wildman–Crippen MR) is 55.6 cm³/mol. The van der Waals surface area contributed by atoms with Crippen molar-refractivity contribution in [3.8, 4) is 0 Å². The Hall–Kier alpha value is -1.84. The van der Waals surface area contributed by atoms with Gasteiger partial charge < -0.3 is 5.32 Å². The Bertz CT molecular complexity index is 433. The summed E-state index contributed by atoms with van der Waals surface area (Å²) in [5, 5.41) is 10.0. The zero-order valence-corrected chi connectivity index (χ0v) is 8.20. The molecule has 0 aromatic carbocycles. The highest BCUT2D eigenvalue weighted by Gasteiger charge is 1.98. The molecule has 4 heteroatoms. The highest BCUT2D eigenvalue weighted by Crippen LogP contribution is 2.12. The molecule has 0 unspecified atom stereocenters. The summed E-state index contributed by atoms with van der Waals surface area (Å²) < 4.78 is 0. The molecule has 4 nitrogen and oxygen atoms in total. The van der Waals surface area contributed by atoms with E-state index < -0.39 is 0 Å². The van der Waals surface area contributed by atoms with Crippen LogP contribution in [0.5, 0.6) is 0 Å². The standard InChI is InChI=1S/C10H12N4/c1-7-3-4-11-9(5-7)12-10-6-8(2)13-14-10/h3-6H,1-2H3,(H2,11,12,13,14). The van der Waals surface area contributed by atoms with Crippen LogP contribution in [0.4, 0.5) is 11.6 Å². The maximum Gasteiger partial charge on any atom is 0.153 e. The van der Waals surface area contributed by atoms with E-state index in [2.05, 4.69) is 20.5 Å². The maximum atomic E-state index is 4.18. The molecule has 0 saturated heterocycles. The minimum absolute atomic E-state index is 0.792. The van der Waals surface area contributed by atoms with Crippen molar-refractivity contribution in [3.63, 3.8) is 0 Å². The van der Waals surface area contributed by atoms with Crippen molar-refractivity contribution in [1.29, 1.82) is 0 Å². The van der Waals surface area contributed by atoms with Crippen molar-refractivity contribution in [2.24, 2.45) is 0 Å². The van der Waals surface area contributed by atoms with Gasteiger partial charge in [-0.1, -0.05) is 0 Å². The van der Waals surface area contributed by atoms with Crippen molar-refractivity contribution < 1.29 is 0 Å². The van der Waals surface area contributed by atoms with E-state index >= 15 is 0 Å². The van der Waals surface area contributed by atoms with Gasteiger partial charge in [0.25, 0.3) is 0 Å². The van der Waals surface area contributed by atoms with Gasteiger partial charge in [-0.2, -0.15) is 5.10 Å². The summed E-state index contributed by atoms with van der Waals surface area (Å²) in [6, 6.07) is 5.87. The van der Waals surface area contributed by atoms with Crippen molar-refractivity contribution in [3.05, 3.63) is 35.7 Å². The summed E-state index contributed by atoms with van der Waals surface area (Å²) >= 11 is 0. The lowest BCUT2D eigenvalue weighted by molar-refractivity contribution is 1.05. The van der Waals surface area contributed by atoms with Crippen LogP contribution in [0.2, 0.25) is 0 Å². The van der Waals surface area contributed by atoms with E-state index in [-0.39, 0.29) is 0 Å². The summed E-state index contributed by atoms with van der Waals surface area (Å²) in [6.07, 6.45) is 1.77. The molecule has 2 aromatic rings. The molecule has 0 radical (unpaired) electrons. The average Bonchev–Trinajstić information content (AvgIpc) is 2.51. The predicted octanol–water partition coefficient (Wildman–Crippen LogP) is 2.17. The molecule has 0 spiro atoms. The molecule has 0 aliphatic rings. The van der Waals surface area contributed by atoms with Gasteiger partial charge in [-0.15, -0.1) is 0 Å². The van der Waals surface area contributed by atoms with E-state index in [1.165, 1.54) is 5.56 Å². The van der Waals surface area contributed by atoms with Crippen molar-refractivity contribution in [2.75, 3.05) is 5.32 Å². The minimum Gasteiger partial charge on any atom is -0.323 e. The molecule has 0 atom stereocenters. The molecule has 0 fully saturated rings. The van der Waals surface area contributed by atoms with Gasteiger partial charge in [-0.05, 0) is 31.5 Å². The summed E-state index contributed by atoms with van der Waals surface area (Å²) in [5.74, 6) is 1.61. The van der Waals surface area contributed by atoms with Gasteiger partial charge in [-0.3, -0.25) is 5.10 Å². The highest BCUT2D eigenvalue weighted by molar-refractivity contribution is 5.52. The number of pyridine rings is 1. The fourth-order valence-electron chi connectivity index (χ4n) is 1.22. The third-order valence-electron chi connectivity index (χ3n) is 1.88. The maximum absolute atomic E-state index is 4.18. The first kappa shape index (κ1) is 8.74. The van der Waals surface area contributed by atoms with E-state index in [1.54, 1.807) is 6.20 Å². The zero-order valence-electron chi connectivity index (χ0n) is 8.20. The van der Waals surface area contributed by atoms with E-state index in [9.17, 15) is 0 Å². The molecule has 0 bridgehead atoms. The van der Waals surface area contributed by atoms with Gasteiger partial charge in [0.15, 0.2) is 5.82 Å². The number of rotatable bonds is 2. The highest BCUT2D eigenvalue weighted by atomic mass is 15.2. The second kappa shape index (κ2) is 3.49. The lowest BCUT2D eigenvalue weighted by atomic mass is 10.3. The third-order valence-corrected chi connectivity index (χ3v) is 1.88. The number of hydrogen-bond donors (Lipinski definition) is 2. The average molecular weight is 188 g/mol. The number of H-pyrrole nitrogens is 1. The number of hydrogen-bond acceptors (Lipinski definition) is 3. The first-order valence-electron chi connectivity index (χ1n) is 4.46. The first-order valence-corrected chi connectivity index (χ1v) is 4.46. The van der Waals surface area contributed by atoms with Crippen LogP contribution in [-0.2, 0) is 0 Å². The van der Waals surface area contributed by atoms with Crippen LogP contribution in [0.25, 0.3) is 0 Å². The molecule has 0 saturated carbocycles. The molecular weight excluding hydrogens is 176 g/mol. The number of aromatic nitrogens is 3. The second-order valence-corrected chi connectivity index (χ2v) is 3.28. The summed E-state index contributed by atoms with van der Waals surface area (Å²) in [4.78, 5) is 4.18. The Morgan fingerprint density at radius 2 is 2.07 bits per heavy atom. The topological polar surface area (TPSA) is 53.6 Å². The Labute approximate surface area is 82.4 Å². The fraction of sp³-hybridized carbons (Fsp3) is 0.200. The van der Waals surface area contributed by atoms with Crippen LogP contribution in [0.1, 0.15) is 11.3 Å². The lowest BCUT2D eigenvalue weighted by Gasteiger charge is -2.01. The summed E-state index contributed by atoms with van der Waals surface area (Å²) in [5.41, 5.74) is 2.20. The lowest BCUT2D eigenvalue weighted by Crippen LogP contribution is -1.93. The fourth-order valence-corrected chi connectivity index (χ4v) is 1.22. The van der Waals surface area contributed by atoms with Crippen LogP contribution < -0.4 is 5.32 Å². The molecule has 0 amide bonds. The molecule has 2 aromatic heterocycles. The Kier molecular flexibility index (Phi) is 2.18. The molecule has 2 N–H and O–H groups in total. The van der Waals surface area contributed by atoms with Gasteiger partial charge in [-0.25, -0.2) is 4.98 Å². The molecule has 72 valence electrons. The van der Waals surface area contributed by atoms with E-state index in [4.69, 9.17) is 0 Å². The summed E-state index contributed by atoms with van der Waals surface area (Å²) in [7, 11) is 0. The van der Waals surface area contributed by atoms with E-state index in [0.29, 0.717) is 0 Å². The quantitative estimate of drug-likeness (QED) is 0.759. The van der Waals surface area contributed by atoms with Gasteiger partial charge in [0.1, 0.15) is 5.82 Å². The molecule has 14 heavy (non-hydrogen) atoms. The van der Waals surface area contributed by atoms with Crippen molar-refractivity contribution in [1.82, 2.24) is 15.2 Å². The summed E-state index contributed by atoms with van der Waals surface area (Å²) in [6.45, 7) is 3.99. The van der Waals surface area contributed by atoms with Crippen LogP contribution in [-0.4, -0.2) is 15.2 Å². The number of anilines is 2. The van der Waals surface area contributed by atoms with Crippen LogP contribution >= 0.6 is 0 Å². The van der Waals surface area contributed by atoms with Gasteiger partial charge >= 0.3 is 0 Å². The second-order valence-electron chi connectivity index (χ2n) is 3.28. The number of nitrogens with one attached hydrogen (secondary N) is 2. The molecular formula is C10H12N4. The van der Waals surface area contributed by atoms with Crippen LogP contribution in [0, 0.1) is 13.8 Å². The number of nitrogens with zero attached hydrogens (tertiary/aromatic N) is 2. The molecule has 0 aliphatic carbocycles. The zero-order chi connectivity index (χ0) is 9.97. The van der Waals surface area contributed by atoms with Gasteiger partial charge in [0.2, 0.25) is 0 Å².